The van der Waals surface area contributed by atoms with Gasteiger partial charge < -0.3 is 10.4 Å². The van der Waals surface area contributed by atoms with E-state index in [1.54, 1.807) is 18.3 Å². The number of hydrogen-bond donors (Lipinski definition) is 2. The first-order valence-corrected chi connectivity index (χ1v) is 5.78. The standard InChI is InChI=1S/C11H8BrN3O3/c12-10-6(15-8(16)5-9(17)18)1-2-7-11(10)14-4-3-13-7/h1-4H,5H2,(H,15,16)(H,17,18). The first-order chi connectivity index (χ1) is 8.58. The summed E-state index contributed by atoms with van der Waals surface area (Å²) in [4.78, 5) is 30.0. The van der Waals surface area contributed by atoms with Crippen LogP contribution >= 0.6 is 15.9 Å². The number of carbonyl (C=O) groups is 2. The van der Waals surface area contributed by atoms with E-state index in [0.29, 0.717) is 21.2 Å². The van der Waals surface area contributed by atoms with Crippen LogP contribution in [0.2, 0.25) is 0 Å². The third-order valence-corrected chi connectivity index (χ3v) is 2.97. The molecule has 2 rings (SSSR count). The predicted molar refractivity (Wildman–Crippen MR) is 68.1 cm³/mol. The minimum Gasteiger partial charge on any atom is -0.481 e. The van der Waals surface area contributed by atoms with Crippen LogP contribution in [0.25, 0.3) is 11.0 Å². The van der Waals surface area contributed by atoms with E-state index < -0.39 is 18.3 Å². The average Bonchev–Trinajstić information content (AvgIpc) is 2.32. The molecule has 0 unspecified atom stereocenters. The lowest BCUT2D eigenvalue weighted by Gasteiger charge is -2.07. The Morgan fingerprint density at radius 1 is 1.28 bits per heavy atom. The van der Waals surface area contributed by atoms with Crippen molar-refractivity contribution in [2.75, 3.05) is 5.32 Å². The Balaban J connectivity index is 2.32. The largest absolute Gasteiger partial charge is 0.481 e. The van der Waals surface area contributed by atoms with Gasteiger partial charge in [-0.2, -0.15) is 0 Å². The van der Waals surface area contributed by atoms with Gasteiger partial charge in [0.05, 0.1) is 15.7 Å². The number of nitrogens with one attached hydrogen (secondary N) is 1. The van der Waals surface area contributed by atoms with Gasteiger partial charge in [0, 0.05) is 12.4 Å². The maximum atomic E-state index is 11.4. The molecular weight excluding hydrogens is 302 g/mol. The van der Waals surface area contributed by atoms with E-state index in [4.69, 9.17) is 5.11 Å². The maximum absolute atomic E-state index is 11.4. The Morgan fingerprint density at radius 2 is 2.00 bits per heavy atom. The Morgan fingerprint density at radius 3 is 2.72 bits per heavy atom. The third kappa shape index (κ3) is 2.62. The van der Waals surface area contributed by atoms with Gasteiger partial charge in [0.1, 0.15) is 11.9 Å². The fraction of sp³-hybridized carbons (Fsp3) is 0.0909. The summed E-state index contributed by atoms with van der Waals surface area (Å²) in [6, 6.07) is 3.34. The van der Waals surface area contributed by atoms with Gasteiger partial charge in [-0.3, -0.25) is 19.6 Å². The van der Waals surface area contributed by atoms with E-state index in [2.05, 4.69) is 31.2 Å². The number of anilines is 1. The summed E-state index contributed by atoms with van der Waals surface area (Å²) < 4.78 is 0.576. The first kappa shape index (κ1) is 12.4. The van der Waals surface area contributed by atoms with Crippen molar-refractivity contribution in [2.45, 2.75) is 6.42 Å². The highest BCUT2D eigenvalue weighted by Crippen LogP contribution is 2.28. The Labute approximate surface area is 110 Å². The number of fused-ring (bicyclic) bond motifs is 1. The lowest BCUT2D eigenvalue weighted by atomic mass is 10.2. The molecule has 1 heterocycles. The van der Waals surface area contributed by atoms with E-state index in [9.17, 15) is 9.59 Å². The van der Waals surface area contributed by atoms with Crippen molar-refractivity contribution in [3.05, 3.63) is 29.0 Å². The van der Waals surface area contributed by atoms with Gasteiger partial charge in [0.15, 0.2) is 0 Å². The van der Waals surface area contributed by atoms with Crippen molar-refractivity contribution >= 4 is 44.5 Å². The molecule has 1 aromatic carbocycles. The molecule has 0 bridgehead atoms. The molecule has 0 aliphatic carbocycles. The van der Waals surface area contributed by atoms with Crippen LogP contribution in [0.5, 0.6) is 0 Å². The molecule has 0 aliphatic rings. The van der Waals surface area contributed by atoms with Gasteiger partial charge in [0.2, 0.25) is 5.91 Å². The molecular formula is C11H8BrN3O3. The molecule has 0 saturated carbocycles. The minimum absolute atomic E-state index is 0.467. The number of halogens is 1. The molecule has 0 fully saturated rings. The van der Waals surface area contributed by atoms with Crippen LogP contribution in [-0.2, 0) is 9.59 Å². The fourth-order valence-corrected chi connectivity index (χ4v) is 1.97. The third-order valence-electron chi connectivity index (χ3n) is 2.16. The number of rotatable bonds is 3. The Bertz CT molecular complexity index is 630. The molecule has 1 aromatic heterocycles. The van der Waals surface area contributed by atoms with Gasteiger partial charge in [-0.05, 0) is 28.1 Å². The van der Waals surface area contributed by atoms with E-state index in [1.165, 1.54) is 6.20 Å². The lowest BCUT2D eigenvalue weighted by Crippen LogP contribution is -2.16. The van der Waals surface area contributed by atoms with Crippen molar-refractivity contribution in [2.24, 2.45) is 0 Å². The summed E-state index contributed by atoms with van der Waals surface area (Å²) in [6.07, 6.45) is 2.53. The number of carbonyl (C=O) groups excluding carboxylic acids is 1. The summed E-state index contributed by atoms with van der Waals surface area (Å²) in [6.45, 7) is 0. The molecule has 7 heteroatoms. The summed E-state index contributed by atoms with van der Waals surface area (Å²) in [5.41, 5.74) is 1.75. The predicted octanol–water partition coefficient (Wildman–Crippen LogP) is 1.81. The normalized spacial score (nSPS) is 10.3. The summed E-state index contributed by atoms with van der Waals surface area (Å²) in [5, 5.41) is 11.0. The van der Waals surface area contributed by atoms with Crippen molar-refractivity contribution < 1.29 is 14.7 Å². The number of nitrogens with zero attached hydrogens (tertiary/aromatic N) is 2. The van der Waals surface area contributed by atoms with Crippen LogP contribution in [0.3, 0.4) is 0 Å². The average molecular weight is 310 g/mol. The van der Waals surface area contributed by atoms with Crippen LogP contribution in [0.1, 0.15) is 6.42 Å². The van der Waals surface area contributed by atoms with E-state index in [1.807, 2.05) is 0 Å². The minimum atomic E-state index is -1.18. The van der Waals surface area contributed by atoms with Crippen molar-refractivity contribution in [3.8, 4) is 0 Å². The highest BCUT2D eigenvalue weighted by Gasteiger charge is 2.12. The number of aromatic nitrogens is 2. The van der Waals surface area contributed by atoms with Crippen LogP contribution in [0.15, 0.2) is 29.0 Å². The quantitative estimate of drug-likeness (QED) is 0.843. The molecule has 18 heavy (non-hydrogen) atoms. The van der Waals surface area contributed by atoms with Crippen molar-refractivity contribution in [3.63, 3.8) is 0 Å². The second kappa shape index (κ2) is 5.09. The number of hydrogen-bond acceptors (Lipinski definition) is 4. The fourth-order valence-electron chi connectivity index (χ4n) is 1.43. The zero-order chi connectivity index (χ0) is 13.1. The van der Waals surface area contributed by atoms with E-state index in [-0.39, 0.29) is 0 Å². The smallest absolute Gasteiger partial charge is 0.312 e. The van der Waals surface area contributed by atoms with Crippen LogP contribution in [0, 0.1) is 0 Å². The highest BCUT2D eigenvalue weighted by atomic mass is 79.9. The number of benzene rings is 1. The first-order valence-electron chi connectivity index (χ1n) is 4.99. The van der Waals surface area contributed by atoms with Crippen molar-refractivity contribution in [1.82, 2.24) is 9.97 Å². The van der Waals surface area contributed by atoms with Crippen LogP contribution in [-0.4, -0.2) is 27.0 Å². The Hall–Kier alpha value is -2.02. The number of carboxylic acids is 1. The maximum Gasteiger partial charge on any atom is 0.312 e. The topological polar surface area (TPSA) is 92.2 Å². The number of aliphatic carboxylic acids is 1. The zero-order valence-electron chi connectivity index (χ0n) is 9.05. The second-order valence-corrected chi connectivity index (χ2v) is 4.26. The van der Waals surface area contributed by atoms with Crippen LogP contribution in [0.4, 0.5) is 5.69 Å². The molecule has 2 aromatic rings. The van der Waals surface area contributed by atoms with Gasteiger partial charge in [-0.25, -0.2) is 0 Å². The second-order valence-electron chi connectivity index (χ2n) is 3.47. The molecule has 0 spiro atoms. The van der Waals surface area contributed by atoms with E-state index >= 15 is 0 Å². The molecule has 92 valence electrons. The SMILES string of the molecule is O=C(O)CC(=O)Nc1ccc2nccnc2c1Br. The van der Waals surface area contributed by atoms with Gasteiger partial charge in [-0.1, -0.05) is 0 Å². The molecule has 0 radical (unpaired) electrons. The molecule has 0 saturated heterocycles. The number of amides is 1. The summed E-state index contributed by atoms with van der Waals surface area (Å²) in [5.74, 6) is -1.77. The van der Waals surface area contributed by atoms with Crippen LogP contribution < -0.4 is 5.32 Å². The lowest BCUT2D eigenvalue weighted by molar-refractivity contribution is -0.139. The molecule has 6 nitrogen and oxygen atoms in total. The van der Waals surface area contributed by atoms with Gasteiger partial charge in [0.25, 0.3) is 0 Å². The van der Waals surface area contributed by atoms with E-state index in [0.717, 1.165) is 0 Å². The summed E-state index contributed by atoms with van der Waals surface area (Å²) in [7, 11) is 0. The highest BCUT2D eigenvalue weighted by molar-refractivity contribution is 9.10. The van der Waals surface area contributed by atoms with Crippen molar-refractivity contribution in [1.29, 1.82) is 0 Å². The van der Waals surface area contributed by atoms with Gasteiger partial charge >= 0.3 is 5.97 Å². The van der Waals surface area contributed by atoms with Gasteiger partial charge in [-0.15, -0.1) is 0 Å². The molecule has 1 amide bonds. The molecule has 0 aliphatic heterocycles. The zero-order valence-corrected chi connectivity index (χ0v) is 10.6. The molecule has 0 atom stereocenters. The Kier molecular flexibility index (Phi) is 3.52. The number of carboxylic acid groups (broad SMARTS) is 1. The monoisotopic (exact) mass is 309 g/mol. The summed E-state index contributed by atoms with van der Waals surface area (Å²) >= 11 is 3.31. The molecule has 2 N–H and O–H groups in total.